The van der Waals surface area contributed by atoms with Gasteiger partial charge in [0.05, 0.1) is 5.56 Å². The van der Waals surface area contributed by atoms with Crippen molar-refractivity contribution >= 4 is 17.6 Å². The molecule has 0 fully saturated rings. The van der Waals surface area contributed by atoms with E-state index < -0.39 is 5.97 Å². The van der Waals surface area contributed by atoms with E-state index in [9.17, 15) is 4.79 Å². The molecule has 0 saturated heterocycles. The SMILES string of the molecule is Cc1cc(C(=O)OC(C)c2ccccc2)cc(Cl)n1. The Bertz CT molecular complexity index is 564. The van der Waals surface area contributed by atoms with Crippen molar-refractivity contribution in [2.75, 3.05) is 0 Å². The lowest BCUT2D eigenvalue weighted by Crippen LogP contribution is -2.09. The Labute approximate surface area is 117 Å². The molecule has 0 aliphatic carbocycles. The summed E-state index contributed by atoms with van der Waals surface area (Å²) in [5.74, 6) is -0.399. The minimum Gasteiger partial charge on any atom is -0.454 e. The number of pyridine rings is 1. The van der Waals surface area contributed by atoms with Gasteiger partial charge in [0.15, 0.2) is 0 Å². The van der Waals surface area contributed by atoms with Gasteiger partial charge in [0, 0.05) is 5.69 Å². The van der Waals surface area contributed by atoms with Gasteiger partial charge in [-0.3, -0.25) is 0 Å². The predicted octanol–water partition coefficient (Wildman–Crippen LogP) is 3.96. The highest BCUT2D eigenvalue weighted by atomic mass is 35.5. The minimum absolute atomic E-state index is 0.291. The topological polar surface area (TPSA) is 39.2 Å². The Kier molecular flexibility index (Phi) is 4.17. The van der Waals surface area contributed by atoms with E-state index in [0.717, 1.165) is 5.56 Å². The first kappa shape index (κ1) is 13.6. The fourth-order valence-corrected chi connectivity index (χ4v) is 2.02. The second kappa shape index (κ2) is 5.85. The number of nitrogens with zero attached hydrogens (tertiary/aromatic N) is 1. The van der Waals surface area contributed by atoms with Gasteiger partial charge in [0.2, 0.25) is 0 Å². The normalized spacial score (nSPS) is 11.9. The van der Waals surface area contributed by atoms with Gasteiger partial charge in [-0.15, -0.1) is 0 Å². The Balaban J connectivity index is 2.13. The van der Waals surface area contributed by atoms with Crippen LogP contribution < -0.4 is 0 Å². The molecule has 0 N–H and O–H groups in total. The van der Waals surface area contributed by atoms with Crippen LogP contribution in [-0.2, 0) is 4.74 Å². The number of carbonyl (C=O) groups excluding carboxylic acids is 1. The van der Waals surface area contributed by atoms with E-state index in [-0.39, 0.29) is 6.10 Å². The van der Waals surface area contributed by atoms with Crippen LogP contribution in [-0.4, -0.2) is 11.0 Å². The van der Waals surface area contributed by atoms with E-state index >= 15 is 0 Å². The summed E-state index contributed by atoms with van der Waals surface area (Å²) in [6.07, 6.45) is -0.305. The Morgan fingerprint density at radius 2 is 1.95 bits per heavy atom. The fourth-order valence-electron chi connectivity index (χ4n) is 1.77. The molecule has 0 aliphatic heterocycles. The molecule has 1 heterocycles. The van der Waals surface area contributed by atoms with Crippen molar-refractivity contribution in [1.82, 2.24) is 4.98 Å². The molecule has 19 heavy (non-hydrogen) atoms. The van der Waals surface area contributed by atoms with Gasteiger partial charge in [-0.05, 0) is 31.5 Å². The lowest BCUT2D eigenvalue weighted by atomic mass is 10.1. The van der Waals surface area contributed by atoms with Crippen LogP contribution in [0.15, 0.2) is 42.5 Å². The minimum atomic E-state index is -0.399. The smallest absolute Gasteiger partial charge is 0.338 e. The molecular weight excluding hydrogens is 262 g/mol. The molecule has 2 rings (SSSR count). The lowest BCUT2D eigenvalue weighted by Gasteiger charge is -2.13. The molecule has 0 radical (unpaired) electrons. The second-order valence-corrected chi connectivity index (χ2v) is 4.67. The van der Waals surface area contributed by atoms with Crippen molar-refractivity contribution in [2.45, 2.75) is 20.0 Å². The molecule has 4 heteroatoms. The van der Waals surface area contributed by atoms with Gasteiger partial charge in [-0.1, -0.05) is 41.9 Å². The summed E-state index contributed by atoms with van der Waals surface area (Å²) >= 11 is 5.83. The highest BCUT2D eigenvalue weighted by Crippen LogP contribution is 2.19. The molecule has 0 amide bonds. The first-order valence-electron chi connectivity index (χ1n) is 5.96. The van der Waals surface area contributed by atoms with Crippen LogP contribution in [0.25, 0.3) is 0 Å². The first-order chi connectivity index (χ1) is 9.06. The van der Waals surface area contributed by atoms with Crippen molar-refractivity contribution in [1.29, 1.82) is 0 Å². The Hall–Kier alpha value is -1.87. The molecule has 0 saturated carbocycles. The molecule has 2 aromatic rings. The zero-order valence-electron chi connectivity index (χ0n) is 10.8. The molecule has 98 valence electrons. The highest BCUT2D eigenvalue weighted by Gasteiger charge is 2.14. The molecule has 1 aromatic heterocycles. The zero-order valence-corrected chi connectivity index (χ0v) is 11.5. The summed E-state index contributed by atoms with van der Waals surface area (Å²) in [4.78, 5) is 16.0. The van der Waals surface area contributed by atoms with Crippen molar-refractivity contribution in [3.8, 4) is 0 Å². The third-order valence-electron chi connectivity index (χ3n) is 2.71. The summed E-state index contributed by atoms with van der Waals surface area (Å²) in [5.41, 5.74) is 2.06. The summed E-state index contributed by atoms with van der Waals surface area (Å²) in [6.45, 7) is 3.62. The second-order valence-electron chi connectivity index (χ2n) is 4.28. The molecule has 1 unspecified atom stereocenters. The lowest BCUT2D eigenvalue weighted by molar-refractivity contribution is 0.0337. The summed E-state index contributed by atoms with van der Waals surface area (Å²) < 4.78 is 5.41. The van der Waals surface area contributed by atoms with Crippen LogP contribution in [0.2, 0.25) is 5.15 Å². The predicted molar refractivity (Wildman–Crippen MR) is 74.3 cm³/mol. The first-order valence-corrected chi connectivity index (χ1v) is 6.34. The Morgan fingerprint density at radius 1 is 1.26 bits per heavy atom. The molecule has 0 aliphatic rings. The number of halogens is 1. The summed E-state index contributed by atoms with van der Waals surface area (Å²) in [5, 5.41) is 0.291. The highest BCUT2D eigenvalue weighted by molar-refractivity contribution is 6.29. The van der Waals surface area contributed by atoms with E-state index in [1.54, 1.807) is 13.0 Å². The van der Waals surface area contributed by atoms with E-state index in [0.29, 0.717) is 16.4 Å². The van der Waals surface area contributed by atoms with Gasteiger partial charge in [0.25, 0.3) is 0 Å². The van der Waals surface area contributed by atoms with Crippen LogP contribution in [0.1, 0.15) is 34.6 Å². The van der Waals surface area contributed by atoms with Crippen LogP contribution in [0.5, 0.6) is 0 Å². The maximum Gasteiger partial charge on any atom is 0.338 e. The number of esters is 1. The molecule has 0 spiro atoms. The number of aromatic nitrogens is 1. The van der Waals surface area contributed by atoms with Gasteiger partial charge >= 0.3 is 5.97 Å². The van der Waals surface area contributed by atoms with Crippen LogP contribution in [0, 0.1) is 6.92 Å². The standard InChI is InChI=1S/C15H14ClNO2/c1-10-8-13(9-14(16)17-10)15(18)19-11(2)12-6-4-3-5-7-12/h3-9,11H,1-2H3. The van der Waals surface area contributed by atoms with E-state index in [4.69, 9.17) is 16.3 Å². The van der Waals surface area contributed by atoms with Crippen molar-refractivity contribution in [2.24, 2.45) is 0 Å². The van der Waals surface area contributed by atoms with Crippen LogP contribution in [0.3, 0.4) is 0 Å². The maximum atomic E-state index is 12.0. The third kappa shape index (κ3) is 3.55. The van der Waals surface area contributed by atoms with Crippen LogP contribution >= 0.6 is 11.6 Å². The third-order valence-corrected chi connectivity index (χ3v) is 2.90. The van der Waals surface area contributed by atoms with Gasteiger partial charge < -0.3 is 4.74 Å². The van der Waals surface area contributed by atoms with Crippen molar-refractivity contribution in [3.05, 3.63) is 64.4 Å². The Morgan fingerprint density at radius 3 is 2.58 bits per heavy atom. The number of benzene rings is 1. The number of hydrogen-bond acceptors (Lipinski definition) is 3. The monoisotopic (exact) mass is 275 g/mol. The summed E-state index contributed by atoms with van der Waals surface area (Å²) in [7, 11) is 0. The van der Waals surface area contributed by atoms with E-state index in [1.165, 1.54) is 6.07 Å². The van der Waals surface area contributed by atoms with Crippen molar-refractivity contribution < 1.29 is 9.53 Å². The molecule has 0 bridgehead atoms. The van der Waals surface area contributed by atoms with Gasteiger partial charge in [0.1, 0.15) is 11.3 Å². The van der Waals surface area contributed by atoms with Crippen molar-refractivity contribution in [3.63, 3.8) is 0 Å². The van der Waals surface area contributed by atoms with E-state index in [2.05, 4.69) is 4.98 Å². The fraction of sp³-hybridized carbons (Fsp3) is 0.200. The molecule has 3 nitrogen and oxygen atoms in total. The average Bonchev–Trinajstić information content (AvgIpc) is 2.38. The zero-order chi connectivity index (χ0) is 13.8. The number of ether oxygens (including phenoxy) is 1. The molecular formula is C15H14ClNO2. The molecule has 1 atom stereocenters. The van der Waals surface area contributed by atoms with Crippen LogP contribution in [0.4, 0.5) is 0 Å². The maximum absolute atomic E-state index is 12.0. The van der Waals surface area contributed by atoms with Gasteiger partial charge in [-0.25, -0.2) is 9.78 Å². The number of rotatable bonds is 3. The molecule has 1 aromatic carbocycles. The van der Waals surface area contributed by atoms with Gasteiger partial charge in [-0.2, -0.15) is 0 Å². The number of hydrogen-bond donors (Lipinski definition) is 0. The average molecular weight is 276 g/mol. The summed E-state index contributed by atoms with van der Waals surface area (Å²) in [6, 6.07) is 12.7. The van der Waals surface area contributed by atoms with E-state index in [1.807, 2.05) is 37.3 Å². The number of aryl methyl sites for hydroxylation is 1. The quantitative estimate of drug-likeness (QED) is 0.629. The number of carbonyl (C=O) groups is 1. The largest absolute Gasteiger partial charge is 0.454 e.